The molecule has 1 saturated heterocycles. The van der Waals surface area contributed by atoms with Gasteiger partial charge in [0.2, 0.25) is 5.91 Å². The van der Waals surface area contributed by atoms with Gasteiger partial charge in [0.25, 0.3) is 5.91 Å². The molecular formula is C22H24N6O8S2. The van der Waals surface area contributed by atoms with E-state index in [0.29, 0.717) is 27.9 Å². The van der Waals surface area contributed by atoms with Crippen LogP contribution in [0.1, 0.15) is 17.4 Å². The topological polar surface area (TPSA) is 210 Å². The van der Waals surface area contributed by atoms with Gasteiger partial charge < -0.3 is 35.7 Å². The van der Waals surface area contributed by atoms with Crippen molar-refractivity contribution in [1.82, 2.24) is 25.0 Å². The quantitative estimate of drug-likeness (QED) is 0.175. The highest BCUT2D eigenvalue weighted by molar-refractivity contribution is 8.01. The zero-order valence-corrected chi connectivity index (χ0v) is 21.6. The molecule has 202 valence electrons. The van der Waals surface area contributed by atoms with E-state index in [1.807, 2.05) is 0 Å². The second kappa shape index (κ2) is 11.4. The van der Waals surface area contributed by atoms with Crippen LogP contribution in [0.2, 0.25) is 0 Å². The highest BCUT2D eigenvalue weighted by Crippen LogP contribution is 2.41. The molecule has 2 aliphatic heterocycles. The van der Waals surface area contributed by atoms with Crippen LogP contribution in [-0.2, 0) is 37.6 Å². The molecule has 3 heterocycles. The predicted molar refractivity (Wildman–Crippen MR) is 134 cm³/mol. The first kappa shape index (κ1) is 27.4. The van der Waals surface area contributed by atoms with Gasteiger partial charge in [0, 0.05) is 18.6 Å². The Morgan fingerprint density at radius 1 is 1.26 bits per heavy atom. The zero-order chi connectivity index (χ0) is 27.6. The van der Waals surface area contributed by atoms with E-state index in [4.69, 9.17) is 15.6 Å². The maximum Gasteiger partial charge on any atom is 0.352 e. The maximum atomic E-state index is 12.9. The summed E-state index contributed by atoms with van der Waals surface area (Å²) in [5, 5.41) is 38.5. The van der Waals surface area contributed by atoms with Crippen LogP contribution >= 0.6 is 23.5 Å². The van der Waals surface area contributed by atoms with Crippen LogP contribution in [0.5, 0.6) is 5.75 Å². The second-order valence-electron chi connectivity index (χ2n) is 8.36. The molecule has 2 amide bonds. The maximum absolute atomic E-state index is 12.9. The monoisotopic (exact) mass is 564 g/mol. The number of fused-ring (bicyclic) bond motifs is 1. The average Bonchev–Trinajstić information content (AvgIpc) is 3.23. The summed E-state index contributed by atoms with van der Waals surface area (Å²) in [6, 6.07) is 3.80. The normalized spacial score (nSPS) is 19.5. The third-order valence-corrected chi connectivity index (χ3v) is 8.29. The summed E-state index contributed by atoms with van der Waals surface area (Å²) in [5.41, 5.74) is 6.82. The van der Waals surface area contributed by atoms with Crippen LogP contribution in [0.25, 0.3) is 0 Å². The van der Waals surface area contributed by atoms with Crippen molar-refractivity contribution in [2.75, 3.05) is 18.1 Å². The largest absolute Gasteiger partial charge is 0.508 e. The molecule has 4 rings (SSSR count). The summed E-state index contributed by atoms with van der Waals surface area (Å²) in [7, 11) is 1.68. The van der Waals surface area contributed by atoms with Crippen LogP contribution < -0.4 is 11.1 Å². The van der Waals surface area contributed by atoms with E-state index in [0.717, 1.165) is 0 Å². The molecule has 3 atom stereocenters. The molecule has 1 fully saturated rings. The number of aliphatic carboxylic acids is 2. The van der Waals surface area contributed by atoms with Crippen molar-refractivity contribution in [3.63, 3.8) is 0 Å². The Morgan fingerprint density at radius 2 is 1.97 bits per heavy atom. The number of hydrogen-bond donors (Lipinski definition) is 5. The highest BCUT2D eigenvalue weighted by atomic mass is 32.2. The standard InChI is InChI=1S/C22H24N6O8S2/c1-27-13(6-36-7-14(30)31)25-26-22(27)38-9-11-8-37-20-16(19(33)28(20)17(11)21(34)35)24-18(32)15(23)10-2-4-12(29)5-3-10/h2-5,15-16,20,29H,6-9,23H2,1H3,(H,24,32)(H,30,31)(H,34,35)/t15-,16?,20-/m1/s1. The fourth-order valence-electron chi connectivity index (χ4n) is 3.85. The molecule has 0 saturated carbocycles. The Hall–Kier alpha value is -3.60. The molecule has 2 aliphatic rings. The minimum Gasteiger partial charge on any atom is -0.508 e. The molecule has 0 spiro atoms. The van der Waals surface area contributed by atoms with Crippen LogP contribution in [-0.4, -0.2) is 88.3 Å². The lowest BCUT2D eigenvalue weighted by Gasteiger charge is -2.49. The number of phenolic OH excluding ortho intramolecular Hbond substituents is 1. The number of amides is 2. The Labute approximate surface area is 224 Å². The van der Waals surface area contributed by atoms with E-state index in [-0.39, 0.29) is 23.8 Å². The number of aromatic nitrogens is 3. The number of nitrogens with zero attached hydrogens (tertiary/aromatic N) is 4. The number of carboxylic acids is 2. The highest BCUT2D eigenvalue weighted by Gasteiger charge is 2.54. The molecule has 1 aromatic heterocycles. The molecule has 6 N–H and O–H groups in total. The Morgan fingerprint density at radius 3 is 2.63 bits per heavy atom. The number of thioether (sulfide) groups is 2. The Kier molecular flexibility index (Phi) is 8.25. The number of hydrogen-bond acceptors (Lipinski definition) is 11. The zero-order valence-electron chi connectivity index (χ0n) is 19.9. The molecule has 2 aromatic rings. The fraction of sp³-hybridized carbons (Fsp3) is 0.364. The molecule has 14 nitrogen and oxygen atoms in total. The number of β-lactam (4-membered cyclic amide) rings is 1. The molecule has 1 aromatic carbocycles. The minimum atomic E-state index is -1.26. The van der Waals surface area contributed by atoms with E-state index in [1.165, 1.54) is 52.7 Å². The smallest absolute Gasteiger partial charge is 0.352 e. The van der Waals surface area contributed by atoms with E-state index < -0.39 is 47.8 Å². The molecule has 1 unspecified atom stereocenters. The van der Waals surface area contributed by atoms with Gasteiger partial charge in [-0.15, -0.1) is 22.0 Å². The molecule has 16 heteroatoms. The summed E-state index contributed by atoms with van der Waals surface area (Å²) in [6.07, 6.45) is 0. The number of carbonyl (C=O) groups is 4. The van der Waals surface area contributed by atoms with Gasteiger partial charge in [-0.3, -0.25) is 14.5 Å². The number of aromatic hydroxyl groups is 1. The minimum absolute atomic E-state index is 0.0242. The summed E-state index contributed by atoms with van der Waals surface area (Å²) < 4.78 is 6.65. The Bertz CT molecular complexity index is 1300. The number of nitrogens with two attached hydrogens (primary N) is 1. The van der Waals surface area contributed by atoms with Gasteiger partial charge in [-0.2, -0.15) is 0 Å². The lowest BCUT2D eigenvalue weighted by atomic mass is 10.0. The van der Waals surface area contributed by atoms with Gasteiger partial charge in [0.15, 0.2) is 11.0 Å². The van der Waals surface area contributed by atoms with Gasteiger partial charge in [0.05, 0.1) is 0 Å². The van der Waals surface area contributed by atoms with E-state index in [2.05, 4.69) is 15.5 Å². The summed E-state index contributed by atoms with van der Waals surface area (Å²) in [4.78, 5) is 49.5. The first-order valence-electron chi connectivity index (χ1n) is 11.1. The number of phenols is 1. The summed E-state index contributed by atoms with van der Waals surface area (Å²) >= 11 is 2.55. The van der Waals surface area contributed by atoms with Crippen molar-refractivity contribution >= 4 is 47.3 Å². The van der Waals surface area contributed by atoms with Crippen molar-refractivity contribution in [3.05, 3.63) is 46.9 Å². The number of benzene rings is 1. The second-order valence-corrected chi connectivity index (χ2v) is 10.4. The third kappa shape index (κ3) is 5.62. The van der Waals surface area contributed by atoms with Crippen LogP contribution in [0.4, 0.5) is 0 Å². The molecule has 0 radical (unpaired) electrons. The molecule has 38 heavy (non-hydrogen) atoms. The fourth-order valence-corrected chi connectivity index (χ4v) is 6.26. The number of nitrogens with one attached hydrogen (secondary N) is 1. The third-order valence-electron chi connectivity index (χ3n) is 5.84. The first-order chi connectivity index (χ1) is 18.1. The van der Waals surface area contributed by atoms with Crippen LogP contribution in [0.3, 0.4) is 0 Å². The van der Waals surface area contributed by atoms with Crippen LogP contribution in [0, 0.1) is 0 Å². The average molecular weight is 565 g/mol. The molecular weight excluding hydrogens is 540 g/mol. The number of ether oxygens (including phenoxy) is 1. The van der Waals surface area contributed by atoms with Gasteiger partial charge in [-0.05, 0) is 23.3 Å². The molecule has 0 aliphatic carbocycles. The van der Waals surface area contributed by atoms with E-state index in [1.54, 1.807) is 11.6 Å². The van der Waals surface area contributed by atoms with Gasteiger partial charge >= 0.3 is 11.9 Å². The number of rotatable bonds is 11. The van der Waals surface area contributed by atoms with Gasteiger partial charge in [-0.1, -0.05) is 23.9 Å². The van der Waals surface area contributed by atoms with Crippen molar-refractivity contribution < 1.29 is 39.2 Å². The van der Waals surface area contributed by atoms with E-state index in [9.17, 15) is 29.4 Å². The molecule has 0 bridgehead atoms. The van der Waals surface area contributed by atoms with Crippen molar-refractivity contribution in [2.24, 2.45) is 12.8 Å². The predicted octanol–water partition coefficient (Wildman–Crippen LogP) is -0.347. The first-order valence-corrected chi connectivity index (χ1v) is 13.2. The van der Waals surface area contributed by atoms with E-state index >= 15 is 0 Å². The number of carbonyl (C=O) groups excluding carboxylic acids is 2. The van der Waals surface area contributed by atoms with Crippen LogP contribution in [0.15, 0.2) is 40.7 Å². The Balaban J connectivity index is 1.40. The lowest BCUT2D eigenvalue weighted by Crippen LogP contribution is -2.71. The van der Waals surface area contributed by atoms with Crippen molar-refractivity contribution in [3.8, 4) is 5.75 Å². The van der Waals surface area contributed by atoms with Gasteiger partial charge in [0.1, 0.15) is 42.1 Å². The van der Waals surface area contributed by atoms with Crippen molar-refractivity contribution in [1.29, 1.82) is 0 Å². The summed E-state index contributed by atoms with van der Waals surface area (Å²) in [6.45, 7) is -0.528. The lowest BCUT2D eigenvalue weighted by molar-refractivity contribution is -0.150. The SMILES string of the molecule is Cn1c(COCC(=O)O)nnc1SCC1=C(C(=O)O)N2C(=O)C(NC(=O)[C@H](N)c3ccc(O)cc3)[C@H]2SC1. The number of carboxylic acid groups (broad SMARTS) is 2. The summed E-state index contributed by atoms with van der Waals surface area (Å²) in [5.74, 6) is -2.55. The van der Waals surface area contributed by atoms with Gasteiger partial charge in [-0.25, -0.2) is 9.59 Å². The van der Waals surface area contributed by atoms with Crippen molar-refractivity contribution in [2.45, 2.75) is 29.2 Å².